The Balaban J connectivity index is 1.95. The zero-order valence-corrected chi connectivity index (χ0v) is 10.6. The van der Waals surface area contributed by atoms with Gasteiger partial charge in [0.25, 0.3) is 0 Å². The smallest absolute Gasteiger partial charge is 0.248 e. The highest BCUT2D eigenvalue weighted by atomic mass is 16.2. The third-order valence-electron chi connectivity index (χ3n) is 5.05. The zero-order valence-electron chi connectivity index (χ0n) is 10.6. The number of nitrogens with one attached hydrogen (secondary N) is 1. The molecule has 17 heavy (non-hydrogen) atoms. The Bertz CT molecular complexity index is 383. The Hall–Kier alpha value is -1.06. The van der Waals surface area contributed by atoms with Crippen LogP contribution in [0.3, 0.4) is 0 Å². The van der Waals surface area contributed by atoms with E-state index in [1.807, 2.05) is 6.92 Å². The van der Waals surface area contributed by atoms with E-state index in [0.29, 0.717) is 5.92 Å². The van der Waals surface area contributed by atoms with Crippen molar-refractivity contribution in [2.45, 2.75) is 56.5 Å². The van der Waals surface area contributed by atoms with Crippen molar-refractivity contribution < 1.29 is 9.59 Å². The van der Waals surface area contributed by atoms with E-state index in [0.717, 1.165) is 38.5 Å². The molecule has 0 aromatic rings. The minimum atomic E-state index is -0.606. The van der Waals surface area contributed by atoms with Gasteiger partial charge in [0.2, 0.25) is 11.8 Å². The molecule has 2 saturated carbocycles. The molecule has 94 valence electrons. The molecule has 3 aliphatic rings. The van der Waals surface area contributed by atoms with Gasteiger partial charge in [-0.15, -0.1) is 0 Å². The fourth-order valence-electron chi connectivity index (χ4n) is 3.50. The van der Waals surface area contributed by atoms with E-state index in [9.17, 15) is 9.59 Å². The lowest BCUT2D eigenvalue weighted by atomic mass is 9.83. The summed E-state index contributed by atoms with van der Waals surface area (Å²) in [4.78, 5) is 26.7. The van der Waals surface area contributed by atoms with Crippen molar-refractivity contribution in [2.24, 2.45) is 5.92 Å². The Morgan fingerprint density at radius 3 is 2.35 bits per heavy atom. The topological polar surface area (TPSA) is 49.4 Å². The molecule has 1 spiro atoms. The van der Waals surface area contributed by atoms with Crippen molar-refractivity contribution in [3.63, 3.8) is 0 Å². The third-order valence-corrected chi connectivity index (χ3v) is 5.05. The summed E-state index contributed by atoms with van der Waals surface area (Å²) in [6.45, 7) is 1.92. The summed E-state index contributed by atoms with van der Waals surface area (Å²) in [5.41, 5.74) is -1.18. The molecule has 1 atom stereocenters. The van der Waals surface area contributed by atoms with E-state index in [1.165, 1.54) is 0 Å². The number of likely N-dealkylation sites (N-methyl/N-ethyl adjacent to an activating group) is 1. The maximum atomic E-state index is 12.6. The van der Waals surface area contributed by atoms with Crippen molar-refractivity contribution >= 4 is 11.8 Å². The molecule has 1 N–H and O–H groups in total. The quantitative estimate of drug-likeness (QED) is 0.740. The Labute approximate surface area is 102 Å². The monoisotopic (exact) mass is 236 g/mol. The van der Waals surface area contributed by atoms with Crippen molar-refractivity contribution in [1.82, 2.24) is 10.2 Å². The molecule has 4 nitrogen and oxygen atoms in total. The van der Waals surface area contributed by atoms with Gasteiger partial charge in [-0.1, -0.05) is 12.8 Å². The summed E-state index contributed by atoms with van der Waals surface area (Å²) in [6.07, 6.45) is 5.83. The molecule has 0 aromatic heterocycles. The standard InChI is InChI=1S/C13H20N2O2/c1-12(9-5-6-9)10(16)14-13(7-3-4-8-13)11(17)15(12)2/h9H,3-8H2,1-2H3,(H,14,16). The van der Waals surface area contributed by atoms with Crippen molar-refractivity contribution in [3.05, 3.63) is 0 Å². The number of hydrogen-bond acceptors (Lipinski definition) is 2. The maximum absolute atomic E-state index is 12.6. The Morgan fingerprint density at radius 2 is 1.82 bits per heavy atom. The number of piperazine rings is 1. The highest BCUT2D eigenvalue weighted by molar-refractivity contribution is 6.02. The molecule has 2 aliphatic carbocycles. The van der Waals surface area contributed by atoms with Crippen LogP contribution in [0, 0.1) is 5.92 Å². The molecule has 3 rings (SSSR count). The summed E-state index contributed by atoms with van der Waals surface area (Å²) in [7, 11) is 1.81. The second-order valence-electron chi connectivity index (χ2n) is 6.03. The predicted molar refractivity (Wildman–Crippen MR) is 63.2 cm³/mol. The van der Waals surface area contributed by atoms with Crippen LogP contribution in [-0.4, -0.2) is 34.8 Å². The summed E-state index contributed by atoms with van der Waals surface area (Å²) < 4.78 is 0. The summed E-state index contributed by atoms with van der Waals surface area (Å²) in [5.74, 6) is 0.545. The molecule has 0 radical (unpaired) electrons. The van der Waals surface area contributed by atoms with Gasteiger partial charge >= 0.3 is 0 Å². The number of carbonyl (C=O) groups is 2. The molecular formula is C13H20N2O2. The largest absolute Gasteiger partial charge is 0.340 e. The number of carbonyl (C=O) groups excluding carboxylic acids is 2. The summed E-state index contributed by atoms with van der Waals surface area (Å²) >= 11 is 0. The molecule has 3 fully saturated rings. The van der Waals surface area contributed by atoms with Crippen LogP contribution < -0.4 is 5.32 Å². The molecular weight excluding hydrogens is 216 g/mol. The van der Waals surface area contributed by atoms with Crippen molar-refractivity contribution in [1.29, 1.82) is 0 Å². The molecule has 2 amide bonds. The first-order chi connectivity index (χ1) is 8.01. The van der Waals surface area contributed by atoms with Crippen LogP contribution >= 0.6 is 0 Å². The van der Waals surface area contributed by atoms with Crippen LogP contribution in [0.15, 0.2) is 0 Å². The SMILES string of the molecule is CN1C(=O)C2(CCCC2)NC(=O)C1(C)C1CC1. The molecule has 1 heterocycles. The second kappa shape index (κ2) is 3.24. The van der Waals surface area contributed by atoms with Crippen LogP contribution in [0.25, 0.3) is 0 Å². The maximum Gasteiger partial charge on any atom is 0.248 e. The fraction of sp³-hybridized carbons (Fsp3) is 0.846. The fourth-order valence-corrected chi connectivity index (χ4v) is 3.50. The van der Waals surface area contributed by atoms with Gasteiger partial charge in [-0.2, -0.15) is 0 Å². The third kappa shape index (κ3) is 1.30. The number of nitrogens with zero attached hydrogens (tertiary/aromatic N) is 1. The van der Waals surface area contributed by atoms with Gasteiger partial charge in [-0.3, -0.25) is 9.59 Å². The van der Waals surface area contributed by atoms with Crippen LogP contribution in [-0.2, 0) is 9.59 Å². The lowest BCUT2D eigenvalue weighted by Crippen LogP contribution is -2.74. The molecule has 4 heteroatoms. The molecule has 0 aromatic carbocycles. The van der Waals surface area contributed by atoms with Crippen LogP contribution in [0.5, 0.6) is 0 Å². The lowest BCUT2D eigenvalue weighted by Gasteiger charge is -2.49. The van der Waals surface area contributed by atoms with Gasteiger partial charge in [0.05, 0.1) is 0 Å². The van der Waals surface area contributed by atoms with Crippen molar-refractivity contribution in [2.75, 3.05) is 7.05 Å². The van der Waals surface area contributed by atoms with Gasteiger partial charge in [-0.25, -0.2) is 0 Å². The number of hydrogen-bond donors (Lipinski definition) is 1. The minimum Gasteiger partial charge on any atom is -0.340 e. The summed E-state index contributed by atoms with van der Waals surface area (Å²) in [5, 5.41) is 3.05. The van der Waals surface area contributed by atoms with Crippen LogP contribution in [0.1, 0.15) is 45.4 Å². The average molecular weight is 236 g/mol. The second-order valence-corrected chi connectivity index (χ2v) is 6.03. The summed E-state index contributed by atoms with van der Waals surface area (Å²) in [6, 6.07) is 0. The normalized spacial score (nSPS) is 36.5. The minimum absolute atomic E-state index is 0.0593. The van der Waals surface area contributed by atoms with E-state index >= 15 is 0 Å². The number of rotatable bonds is 1. The molecule has 1 aliphatic heterocycles. The highest BCUT2D eigenvalue weighted by Crippen LogP contribution is 2.47. The molecule has 1 unspecified atom stereocenters. The number of amides is 2. The molecule has 1 saturated heterocycles. The van der Waals surface area contributed by atoms with Crippen molar-refractivity contribution in [3.8, 4) is 0 Å². The van der Waals surface area contributed by atoms with Gasteiger partial charge < -0.3 is 10.2 Å². The predicted octanol–water partition coefficient (Wildman–Crippen LogP) is 1.06. The highest BCUT2D eigenvalue weighted by Gasteiger charge is 2.60. The Morgan fingerprint density at radius 1 is 1.24 bits per heavy atom. The van der Waals surface area contributed by atoms with E-state index < -0.39 is 11.1 Å². The first kappa shape index (κ1) is 11.1. The van der Waals surface area contributed by atoms with E-state index in [-0.39, 0.29) is 11.8 Å². The van der Waals surface area contributed by atoms with Gasteiger partial charge in [0, 0.05) is 7.05 Å². The van der Waals surface area contributed by atoms with Gasteiger partial charge in [-0.05, 0) is 38.5 Å². The van der Waals surface area contributed by atoms with E-state index in [4.69, 9.17) is 0 Å². The zero-order chi connectivity index (χ0) is 12.3. The lowest BCUT2D eigenvalue weighted by molar-refractivity contribution is -0.161. The average Bonchev–Trinajstić information content (AvgIpc) is 3.06. The van der Waals surface area contributed by atoms with E-state index in [1.54, 1.807) is 11.9 Å². The van der Waals surface area contributed by atoms with E-state index in [2.05, 4.69) is 5.32 Å². The van der Waals surface area contributed by atoms with Gasteiger partial charge in [0.1, 0.15) is 11.1 Å². The first-order valence-electron chi connectivity index (χ1n) is 6.61. The molecule has 0 bridgehead atoms. The van der Waals surface area contributed by atoms with Crippen LogP contribution in [0.4, 0.5) is 0 Å². The van der Waals surface area contributed by atoms with Crippen LogP contribution in [0.2, 0.25) is 0 Å². The van der Waals surface area contributed by atoms with Gasteiger partial charge in [0.15, 0.2) is 0 Å². The Kier molecular flexibility index (Phi) is 2.11. The first-order valence-corrected chi connectivity index (χ1v) is 6.61.